The first-order chi connectivity index (χ1) is 18.1. The molecule has 0 fully saturated rings. The van der Waals surface area contributed by atoms with Crippen molar-refractivity contribution in [1.82, 2.24) is 4.90 Å². The average molecular weight is 558 g/mol. The Morgan fingerprint density at radius 2 is 0.974 bits per heavy atom. The summed E-state index contributed by atoms with van der Waals surface area (Å²) in [4.78, 5) is 12.1. The first-order valence-electron chi connectivity index (χ1n) is 14.9. The third-order valence-electron chi connectivity index (χ3n) is 3.95. The molecule has 0 aromatic carbocycles. The summed E-state index contributed by atoms with van der Waals surface area (Å²) in [6.07, 6.45) is 10.8. The third-order valence-corrected chi connectivity index (χ3v) is 3.95. The Labute approximate surface area is 241 Å². The van der Waals surface area contributed by atoms with Gasteiger partial charge in [-0.05, 0) is 60.7 Å². The second kappa shape index (κ2) is 70.7. The summed E-state index contributed by atoms with van der Waals surface area (Å²) in [7, 11) is 10.7. The highest BCUT2D eigenvalue weighted by molar-refractivity contribution is 5.68. The lowest BCUT2D eigenvalue weighted by Crippen LogP contribution is -2.11. The largest absolute Gasteiger partial charge is 0.469 e. The highest BCUT2D eigenvalue weighted by atomic mass is 16.5. The SMILES string of the molecule is CCC(=O)OC.CCCCCC.CCCCOC.CCCN(C)C.CCCOC.CCOC.CCOCC. The van der Waals surface area contributed by atoms with Gasteiger partial charge < -0.3 is 28.6 Å². The van der Waals surface area contributed by atoms with Crippen molar-refractivity contribution in [2.75, 3.05) is 82.1 Å². The van der Waals surface area contributed by atoms with Crippen LogP contribution in [0.25, 0.3) is 0 Å². The summed E-state index contributed by atoms with van der Waals surface area (Å²) in [5.41, 5.74) is 0. The number of methoxy groups -OCH3 is 4. The Morgan fingerprint density at radius 3 is 1.03 bits per heavy atom. The second-order valence-corrected chi connectivity index (χ2v) is 8.14. The van der Waals surface area contributed by atoms with Gasteiger partial charge in [-0.1, -0.05) is 73.6 Å². The van der Waals surface area contributed by atoms with Gasteiger partial charge in [0.25, 0.3) is 0 Å². The molecule has 7 heteroatoms. The monoisotopic (exact) mass is 558 g/mol. The molecule has 0 radical (unpaired) electrons. The number of nitrogens with zero attached hydrogens (tertiary/aromatic N) is 1. The number of carbonyl (C=O) groups excluding carboxylic acids is 1. The lowest BCUT2D eigenvalue weighted by atomic mass is 10.2. The predicted octanol–water partition coefficient (Wildman–Crippen LogP) is 8.29. The minimum atomic E-state index is -0.157. The molecule has 0 N–H and O–H groups in total. The van der Waals surface area contributed by atoms with E-state index in [1.165, 1.54) is 58.6 Å². The summed E-state index contributed by atoms with van der Waals surface area (Å²) >= 11 is 0. The van der Waals surface area contributed by atoms with Gasteiger partial charge in [0, 0.05) is 60.8 Å². The molecule has 0 aliphatic carbocycles. The fourth-order valence-electron chi connectivity index (χ4n) is 1.79. The summed E-state index contributed by atoms with van der Waals surface area (Å²) in [6, 6.07) is 0. The van der Waals surface area contributed by atoms with Gasteiger partial charge in [-0.2, -0.15) is 0 Å². The van der Waals surface area contributed by atoms with E-state index in [9.17, 15) is 4.79 Å². The van der Waals surface area contributed by atoms with Crippen LogP contribution in [0.5, 0.6) is 0 Å². The van der Waals surface area contributed by atoms with E-state index >= 15 is 0 Å². The first kappa shape index (κ1) is 53.5. The van der Waals surface area contributed by atoms with Crippen LogP contribution in [0, 0.1) is 0 Å². The smallest absolute Gasteiger partial charge is 0.305 e. The number of esters is 1. The van der Waals surface area contributed by atoms with Crippen LogP contribution >= 0.6 is 0 Å². The standard InChI is InChI=1S/C6H14.C5H13N.C5H12O.C4H8O2.2C4H10O.C3H8O/c1-3-5-6-4-2;1-4-5-6(2)3;1-3-4-5-6-2;1-3-4(5)6-2;1-3-4-5-2;1-3-5-4-2;1-3-4-2/h3-6H2,1-2H3;4-5H2,1-3H3;3-5H2,1-2H3;3H2,1-2H3;2*3-4H2,1-2H3;3H2,1-2H3. The number of carbonyl (C=O) groups is 1. The van der Waals surface area contributed by atoms with Gasteiger partial charge in [-0.25, -0.2) is 0 Å². The molecule has 240 valence electrons. The van der Waals surface area contributed by atoms with Crippen LogP contribution < -0.4 is 0 Å². The van der Waals surface area contributed by atoms with E-state index in [0.717, 1.165) is 39.5 Å². The summed E-state index contributed by atoms with van der Waals surface area (Å²) in [5, 5.41) is 0. The topological polar surface area (TPSA) is 66.5 Å². The van der Waals surface area contributed by atoms with Gasteiger partial charge in [0.2, 0.25) is 0 Å². The molecule has 0 saturated heterocycles. The molecule has 0 spiro atoms. The Morgan fingerprint density at radius 1 is 0.553 bits per heavy atom. The minimum Gasteiger partial charge on any atom is -0.469 e. The summed E-state index contributed by atoms with van der Waals surface area (Å²) < 4.78 is 23.1. The van der Waals surface area contributed by atoms with E-state index in [-0.39, 0.29) is 5.97 Å². The van der Waals surface area contributed by atoms with Crippen molar-refractivity contribution in [2.24, 2.45) is 0 Å². The van der Waals surface area contributed by atoms with Crippen molar-refractivity contribution < 1.29 is 28.5 Å². The molecule has 0 heterocycles. The molecule has 0 aliphatic rings. The Kier molecular flexibility index (Phi) is 99.5. The van der Waals surface area contributed by atoms with Crippen LogP contribution in [0.2, 0.25) is 0 Å². The van der Waals surface area contributed by atoms with Crippen molar-refractivity contribution in [2.45, 2.75) is 120 Å². The van der Waals surface area contributed by atoms with Gasteiger partial charge in [0.15, 0.2) is 0 Å². The molecule has 0 saturated carbocycles. The molecular weight excluding hydrogens is 482 g/mol. The van der Waals surface area contributed by atoms with Crippen LogP contribution in [-0.2, 0) is 28.5 Å². The van der Waals surface area contributed by atoms with Crippen molar-refractivity contribution in [3.63, 3.8) is 0 Å². The summed E-state index contributed by atoms with van der Waals surface area (Å²) in [5.74, 6) is -0.157. The van der Waals surface area contributed by atoms with Gasteiger partial charge in [0.1, 0.15) is 0 Å². The lowest BCUT2D eigenvalue weighted by Gasteiger charge is -2.03. The highest BCUT2D eigenvalue weighted by Crippen LogP contribution is 1.95. The van der Waals surface area contributed by atoms with E-state index in [1.54, 1.807) is 28.3 Å². The molecule has 0 aromatic heterocycles. The van der Waals surface area contributed by atoms with E-state index < -0.39 is 0 Å². The van der Waals surface area contributed by atoms with Crippen LogP contribution in [0.15, 0.2) is 0 Å². The zero-order valence-corrected chi connectivity index (χ0v) is 29.0. The first-order valence-corrected chi connectivity index (χ1v) is 14.9. The average Bonchev–Trinajstić information content (AvgIpc) is 2.93. The van der Waals surface area contributed by atoms with E-state index in [2.05, 4.69) is 63.1 Å². The van der Waals surface area contributed by atoms with Gasteiger partial charge in [-0.3, -0.25) is 4.79 Å². The highest BCUT2D eigenvalue weighted by Gasteiger charge is 1.87. The maximum Gasteiger partial charge on any atom is 0.305 e. The Bertz CT molecular complexity index is 272. The lowest BCUT2D eigenvalue weighted by molar-refractivity contribution is -0.140. The molecule has 7 nitrogen and oxygen atoms in total. The third kappa shape index (κ3) is 139. The molecule has 0 bridgehead atoms. The van der Waals surface area contributed by atoms with Crippen molar-refractivity contribution in [3.05, 3.63) is 0 Å². The van der Waals surface area contributed by atoms with Crippen molar-refractivity contribution >= 4 is 5.97 Å². The van der Waals surface area contributed by atoms with Gasteiger partial charge in [0.05, 0.1) is 7.11 Å². The zero-order valence-electron chi connectivity index (χ0n) is 29.0. The zero-order chi connectivity index (χ0) is 31.3. The number of rotatable bonds is 14. The molecule has 0 aliphatic heterocycles. The van der Waals surface area contributed by atoms with Crippen LogP contribution in [0.3, 0.4) is 0 Å². The number of ether oxygens (including phenoxy) is 5. The number of unbranched alkanes of at least 4 members (excludes halogenated alkanes) is 4. The number of hydrogen-bond donors (Lipinski definition) is 0. The fraction of sp³-hybridized carbons (Fsp3) is 0.968. The van der Waals surface area contributed by atoms with E-state index in [1.807, 2.05) is 20.8 Å². The van der Waals surface area contributed by atoms with Crippen molar-refractivity contribution in [3.8, 4) is 0 Å². The maximum atomic E-state index is 9.96. The molecular formula is C31H75NO6. The quantitative estimate of drug-likeness (QED) is 0.157. The van der Waals surface area contributed by atoms with Gasteiger partial charge >= 0.3 is 5.97 Å². The Hall–Kier alpha value is -0.730. The van der Waals surface area contributed by atoms with E-state index in [4.69, 9.17) is 14.2 Å². The normalized spacial score (nSPS) is 8.63. The van der Waals surface area contributed by atoms with Gasteiger partial charge in [-0.15, -0.1) is 0 Å². The molecule has 0 rings (SSSR count). The number of hydrogen-bond acceptors (Lipinski definition) is 7. The molecule has 38 heavy (non-hydrogen) atoms. The molecule has 0 atom stereocenters. The van der Waals surface area contributed by atoms with Crippen LogP contribution in [-0.4, -0.2) is 93.0 Å². The van der Waals surface area contributed by atoms with Crippen LogP contribution in [0.4, 0.5) is 0 Å². The molecule has 0 amide bonds. The molecule has 0 aromatic rings. The maximum absolute atomic E-state index is 9.96. The predicted molar refractivity (Wildman–Crippen MR) is 170 cm³/mol. The summed E-state index contributed by atoms with van der Waals surface area (Å²) in [6.45, 7) is 24.1. The fourth-order valence-corrected chi connectivity index (χ4v) is 1.79. The minimum absolute atomic E-state index is 0.157. The van der Waals surface area contributed by atoms with Crippen molar-refractivity contribution in [1.29, 1.82) is 0 Å². The molecule has 0 unspecified atom stereocenters. The second-order valence-electron chi connectivity index (χ2n) is 8.14. The van der Waals surface area contributed by atoms with Crippen LogP contribution in [0.1, 0.15) is 120 Å². The Balaban J connectivity index is -0.0000000593. The van der Waals surface area contributed by atoms with E-state index in [0.29, 0.717) is 6.42 Å².